The van der Waals surface area contributed by atoms with Gasteiger partial charge in [-0.15, -0.1) is 10.2 Å². The molecule has 3 rings (SSSR count). The van der Waals surface area contributed by atoms with Crippen molar-refractivity contribution in [1.29, 1.82) is 0 Å². The second-order valence-electron chi connectivity index (χ2n) is 9.26. The van der Waals surface area contributed by atoms with E-state index in [0.29, 0.717) is 28.9 Å². The van der Waals surface area contributed by atoms with Crippen molar-refractivity contribution in [3.05, 3.63) is 30.0 Å². The molecule has 0 saturated carbocycles. The van der Waals surface area contributed by atoms with E-state index in [0.717, 1.165) is 25.2 Å². The fourth-order valence-electron chi connectivity index (χ4n) is 5.47. The molecular formula is C21H35FN4OSi. The number of hydrogen-bond acceptors (Lipinski definition) is 4. The van der Waals surface area contributed by atoms with Crippen LogP contribution in [-0.4, -0.2) is 48.0 Å². The maximum absolute atomic E-state index is 14.0. The van der Waals surface area contributed by atoms with Crippen molar-refractivity contribution in [1.82, 2.24) is 19.5 Å². The highest BCUT2D eigenvalue weighted by Crippen LogP contribution is 2.45. The standard InChI is InChI=1S/C21H35FN4OSi/c1-15(2)28(16(3)4,17(5)6)27-14-21(11-8-12-25(21)7)20-24-23-19-10-9-18(22)13-26(19)20/h9-10,13,15-17H,8,11-12,14H2,1-7H3. The predicted molar refractivity (Wildman–Crippen MR) is 113 cm³/mol. The van der Waals surface area contributed by atoms with Gasteiger partial charge in [0.2, 0.25) is 0 Å². The van der Waals surface area contributed by atoms with E-state index >= 15 is 0 Å². The van der Waals surface area contributed by atoms with Crippen molar-refractivity contribution in [3.8, 4) is 0 Å². The summed E-state index contributed by atoms with van der Waals surface area (Å²) in [5.74, 6) is 0.515. The minimum Gasteiger partial charge on any atom is -0.414 e. The smallest absolute Gasteiger partial charge is 0.200 e. The van der Waals surface area contributed by atoms with Crippen molar-refractivity contribution in [2.45, 2.75) is 76.5 Å². The van der Waals surface area contributed by atoms with Gasteiger partial charge >= 0.3 is 0 Å². The molecule has 7 heteroatoms. The van der Waals surface area contributed by atoms with E-state index in [1.807, 2.05) is 4.40 Å². The van der Waals surface area contributed by atoms with Crippen LogP contribution in [0.15, 0.2) is 18.3 Å². The van der Waals surface area contributed by atoms with Gasteiger partial charge in [-0.05, 0) is 55.2 Å². The number of rotatable bonds is 7. The Morgan fingerprint density at radius 3 is 2.29 bits per heavy atom. The average Bonchev–Trinajstić information content (AvgIpc) is 3.18. The van der Waals surface area contributed by atoms with E-state index in [4.69, 9.17) is 4.43 Å². The fourth-order valence-corrected chi connectivity index (χ4v) is 11.0. The molecule has 0 aliphatic carbocycles. The van der Waals surface area contributed by atoms with Gasteiger partial charge in [0.1, 0.15) is 11.4 Å². The van der Waals surface area contributed by atoms with E-state index < -0.39 is 8.32 Å². The van der Waals surface area contributed by atoms with Crippen LogP contribution in [0.1, 0.15) is 60.2 Å². The van der Waals surface area contributed by atoms with Gasteiger partial charge in [-0.3, -0.25) is 9.30 Å². The van der Waals surface area contributed by atoms with Crippen LogP contribution in [0.25, 0.3) is 5.65 Å². The topological polar surface area (TPSA) is 42.7 Å². The molecular weight excluding hydrogens is 371 g/mol. The second-order valence-corrected chi connectivity index (χ2v) is 14.7. The SMILES string of the molecule is CC(C)[Si](OCC1(c2nnc3ccc(F)cn23)CCCN1C)(C(C)C)C(C)C. The van der Waals surface area contributed by atoms with Crippen LogP contribution in [0.4, 0.5) is 4.39 Å². The normalized spacial score (nSPS) is 21.7. The van der Waals surface area contributed by atoms with Gasteiger partial charge in [0, 0.05) is 6.20 Å². The zero-order valence-electron chi connectivity index (χ0n) is 18.4. The number of nitrogens with zero attached hydrogens (tertiary/aromatic N) is 4. The number of fused-ring (bicyclic) bond motifs is 1. The van der Waals surface area contributed by atoms with Crippen LogP contribution in [0, 0.1) is 5.82 Å². The maximum Gasteiger partial charge on any atom is 0.200 e. The average molecular weight is 407 g/mol. The summed E-state index contributed by atoms with van der Waals surface area (Å²) in [6.07, 6.45) is 3.51. The van der Waals surface area contributed by atoms with Crippen molar-refractivity contribution in [2.24, 2.45) is 0 Å². The molecule has 0 bridgehead atoms. The van der Waals surface area contributed by atoms with Crippen LogP contribution in [0.3, 0.4) is 0 Å². The predicted octanol–water partition coefficient (Wildman–Crippen LogP) is 4.98. The zero-order valence-corrected chi connectivity index (χ0v) is 19.4. The Kier molecular flexibility index (Phi) is 5.99. The molecule has 1 saturated heterocycles. The van der Waals surface area contributed by atoms with Gasteiger partial charge in [0.05, 0.1) is 6.61 Å². The molecule has 1 aliphatic heterocycles. The van der Waals surface area contributed by atoms with Crippen molar-refractivity contribution >= 4 is 14.0 Å². The summed E-state index contributed by atoms with van der Waals surface area (Å²) in [7, 11) is 0.104. The Bertz CT molecular complexity index is 800. The lowest BCUT2D eigenvalue weighted by molar-refractivity contribution is 0.0763. The van der Waals surface area contributed by atoms with Crippen LogP contribution in [0.2, 0.25) is 16.6 Å². The molecule has 0 amide bonds. The number of likely N-dealkylation sites (tertiary alicyclic amines) is 1. The van der Waals surface area contributed by atoms with E-state index in [2.05, 4.69) is 63.7 Å². The summed E-state index contributed by atoms with van der Waals surface area (Å²) in [5, 5.41) is 8.83. The molecule has 2 aromatic rings. The minimum absolute atomic E-state index is 0.277. The molecule has 1 fully saturated rings. The first-order chi connectivity index (χ1) is 13.1. The first-order valence-corrected chi connectivity index (χ1v) is 12.6. The van der Waals surface area contributed by atoms with Gasteiger partial charge in [-0.2, -0.15) is 0 Å². The quantitative estimate of drug-likeness (QED) is 0.608. The number of pyridine rings is 1. The molecule has 0 aromatic carbocycles. The van der Waals surface area contributed by atoms with Gasteiger partial charge in [-0.25, -0.2) is 4.39 Å². The summed E-state index contributed by atoms with van der Waals surface area (Å²) in [4.78, 5) is 2.33. The minimum atomic E-state index is -2.02. The number of hydrogen-bond donors (Lipinski definition) is 0. The molecule has 0 N–H and O–H groups in total. The summed E-state index contributed by atoms with van der Waals surface area (Å²) < 4.78 is 22.8. The molecule has 5 nitrogen and oxygen atoms in total. The second kappa shape index (κ2) is 7.84. The Hall–Kier alpha value is -1.31. The first-order valence-electron chi connectivity index (χ1n) is 10.5. The molecule has 1 aliphatic rings. The Morgan fingerprint density at radius 2 is 1.75 bits per heavy atom. The highest BCUT2D eigenvalue weighted by Gasteiger charge is 2.50. The van der Waals surface area contributed by atoms with E-state index in [1.54, 1.807) is 6.07 Å². The lowest BCUT2D eigenvalue weighted by atomic mass is 9.96. The van der Waals surface area contributed by atoms with Gasteiger partial charge < -0.3 is 4.43 Å². The Morgan fingerprint density at radius 1 is 1.11 bits per heavy atom. The van der Waals surface area contributed by atoms with Crippen LogP contribution in [0.5, 0.6) is 0 Å². The van der Waals surface area contributed by atoms with Crippen molar-refractivity contribution in [3.63, 3.8) is 0 Å². The highest BCUT2D eigenvalue weighted by atomic mass is 28.4. The summed E-state index contributed by atoms with van der Waals surface area (Å²) in [5.41, 5.74) is 1.86. The summed E-state index contributed by atoms with van der Waals surface area (Å²) in [6.45, 7) is 15.4. The van der Waals surface area contributed by atoms with E-state index in [9.17, 15) is 4.39 Å². The van der Waals surface area contributed by atoms with Crippen molar-refractivity contribution < 1.29 is 8.82 Å². The fraction of sp³-hybridized carbons (Fsp3) is 0.714. The molecule has 3 heterocycles. The van der Waals surface area contributed by atoms with Crippen LogP contribution < -0.4 is 0 Å². The molecule has 1 atom stereocenters. The Labute approximate surface area is 169 Å². The largest absolute Gasteiger partial charge is 0.414 e. The lowest BCUT2D eigenvalue weighted by Crippen LogP contribution is -2.53. The maximum atomic E-state index is 14.0. The third-order valence-electron chi connectivity index (χ3n) is 6.87. The number of halogens is 1. The van der Waals surface area contributed by atoms with Gasteiger partial charge in [-0.1, -0.05) is 41.5 Å². The number of likely N-dealkylation sites (N-methyl/N-ethyl adjacent to an activating group) is 1. The Balaban J connectivity index is 2.04. The van der Waals surface area contributed by atoms with Crippen molar-refractivity contribution in [2.75, 3.05) is 20.2 Å². The zero-order chi connectivity index (χ0) is 20.7. The van der Waals surface area contributed by atoms with Gasteiger partial charge in [0.25, 0.3) is 0 Å². The molecule has 0 spiro atoms. The van der Waals surface area contributed by atoms with E-state index in [-0.39, 0.29) is 11.4 Å². The first kappa shape index (κ1) is 21.4. The molecule has 1 unspecified atom stereocenters. The third kappa shape index (κ3) is 3.31. The number of aromatic nitrogens is 3. The van der Waals surface area contributed by atoms with Crippen LogP contribution >= 0.6 is 0 Å². The lowest BCUT2D eigenvalue weighted by Gasteiger charge is -2.45. The monoisotopic (exact) mass is 406 g/mol. The molecule has 28 heavy (non-hydrogen) atoms. The molecule has 2 aromatic heterocycles. The molecule has 156 valence electrons. The van der Waals surface area contributed by atoms with Gasteiger partial charge in [0.15, 0.2) is 19.8 Å². The van der Waals surface area contributed by atoms with E-state index in [1.165, 1.54) is 12.3 Å². The summed E-state index contributed by atoms with van der Waals surface area (Å²) >= 11 is 0. The molecule has 0 radical (unpaired) electrons. The highest BCUT2D eigenvalue weighted by molar-refractivity contribution is 6.77. The van der Waals surface area contributed by atoms with Crippen LogP contribution in [-0.2, 0) is 9.96 Å². The summed E-state index contributed by atoms with van der Waals surface area (Å²) in [6, 6.07) is 3.12. The third-order valence-corrected chi connectivity index (χ3v) is 12.9.